The fourth-order valence-corrected chi connectivity index (χ4v) is 2.21. The molecule has 2 N–H and O–H groups in total. The Morgan fingerprint density at radius 2 is 1.94 bits per heavy atom. The van der Waals surface area contributed by atoms with Gasteiger partial charge in [0, 0.05) is 19.6 Å². The van der Waals surface area contributed by atoms with Gasteiger partial charge in [0.25, 0.3) is 0 Å². The predicted octanol–water partition coefficient (Wildman–Crippen LogP) is 1.69. The molecule has 100 valence electrons. The first kappa shape index (κ1) is 15.0. The second-order valence-corrected chi connectivity index (χ2v) is 5.29. The minimum Gasteiger partial charge on any atom is -0.378 e. The van der Waals surface area contributed by atoms with Gasteiger partial charge in [-0.25, -0.2) is 0 Å². The average Bonchev–Trinajstić information content (AvgIpc) is 3.08. The number of aliphatic imine (C=N–C) groups is 1. The van der Waals surface area contributed by atoms with Crippen LogP contribution in [0.5, 0.6) is 0 Å². The molecule has 1 heterocycles. The van der Waals surface area contributed by atoms with E-state index in [-0.39, 0.29) is 24.0 Å². The number of guanidine groups is 1. The molecule has 0 amide bonds. The quantitative estimate of drug-likeness (QED) is 0.477. The summed E-state index contributed by atoms with van der Waals surface area (Å²) in [7, 11) is 0. The number of hydrogen-bond donors (Lipinski definition) is 1. The zero-order valence-corrected chi connectivity index (χ0v) is 13.1. The highest BCUT2D eigenvalue weighted by Gasteiger charge is 2.45. The summed E-state index contributed by atoms with van der Waals surface area (Å²) in [4.78, 5) is 6.69. The highest BCUT2D eigenvalue weighted by atomic mass is 127. The number of ether oxygens (including phenoxy) is 1. The van der Waals surface area contributed by atoms with E-state index in [1.54, 1.807) is 0 Å². The predicted molar refractivity (Wildman–Crippen MR) is 80.8 cm³/mol. The lowest BCUT2D eigenvalue weighted by atomic mass is 9.93. The summed E-state index contributed by atoms with van der Waals surface area (Å²) in [6, 6.07) is 0. The lowest BCUT2D eigenvalue weighted by Gasteiger charge is -2.28. The number of nitrogens with zero attached hydrogens (tertiary/aromatic N) is 2. The van der Waals surface area contributed by atoms with E-state index in [1.807, 2.05) is 0 Å². The molecule has 1 saturated heterocycles. The van der Waals surface area contributed by atoms with E-state index in [2.05, 4.69) is 23.7 Å². The first-order chi connectivity index (χ1) is 7.64. The number of rotatable bonds is 3. The monoisotopic (exact) mass is 353 g/mol. The van der Waals surface area contributed by atoms with Gasteiger partial charge >= 0.3 is 0 Å². The summed E-state index contributed by atoms with van der Waals surface area (Å²) in [5.41, 5.74) is 6.46. The Labute approximate surface area is 121 Å². The number of halogens is 1. The number of morpholine rings is 1. The molecule has 2 fully saturated rings. The summed E-state index contributed by atoms with van der Waals surface area (Å²) < 4.78 is 5.29. The third kappa shape index (κ3) is 3.71. The second-order valence-electron chi connectivity index (χ2n) is 5.29. The standard InChI is InChI=1S/C12H23N3O.HI/c1-10(2)12(3-4-12)9-14-11(13)15-5-7-16-8-6-15;/h10H,3-9H2,1-2H3,(H2,13,14);1H. The van der Waals surface area contributed by atoms with Crippen molar-refractivity contribution in [1.29, 1.82) is 0 Å². The molecular formula is C12H24IN3O. The molecular weight excluding hydrogens is 329 g/mol. The van der Waals surface area contributed by atoms with Crippen LogP contribution in [0.4, 0.5) is 0 Å². The third-order valence-corrected chi connectivity index (χ3v) is 4.01. The van der Waals surface area contributed by atoms with Gasteiger partial charge in [-0.3, -0.25) is 4.99 Å². The van der Waals surface area contributed by atoms with Crippen molar-refractivity contribution in [2.45, 2.75) is 26.7 Å². The lowest BCUT2D eigenvalue weighted by Crippen LogP contribution is -2.45. The van der Waals surface area contributed by atoms with E-state index in [9.17, 15) is 0 Å². The number of hydrogen-bond acceptors (Lipinski definition) is 2. The van der Waals surface area contributed by atoms with Crippen molar-refractivity contribution in [2.24, 2.45) is 22.1 Å². The molecule has 4 nitrogen and oxygen atoms in total. The molecule has 2 aliphatic rings. The van der Waals surface area contributed by atoms with Gasteiger partial charge in [0.2, 0.25) is 0 Å². The van der Waals surface area contributed by atoms with E-state index in [1.165, 1.54) is 12.8 Å². The highest BCUT2D eigenvalue weighted by molar-refractivity contribution is 14.0. The van der Waals surface area contributed by atoms with E-state index in [0.29, 0.717) is 17.3 Å². The summed E-state index contributed by atoms with van der Waals surface area (Å²) >= 11 is 0. The Hall–Kier alpha value is -0.0400. The maximum Gasteiger partial charge on any atom is 0.191 e. The Morgan fingerprint density at radius 1 is 1.35 bits per heavy atom. The number of nitrogens with two attached hydrogens (primary N) is 1. The van der Waals surface area contributed by atoms with Gasteiger partial charge in [-0.2, -0.15) is 0 Å². The maximum absolute atomic E-state index is 6.00. The zero-order valence-electron chi connectivity index (χ0n) is 10.8. The van der Waals surface area contributed by atoms with Crippen LogP contribution in [0.25, 0.3) is 0 Å². The van der Waals surface area contributed by atoms with Crippen LogP contribution >= 0.6 is 24.0 Å². The van der Waals surface area contributed by atoms with E-state index in [0.717, 1.165) is 32.8 Å². The fourth-order valence-electron chi connectivity index (χ4n) is 2.21. The summed E-state index contributed by atoms with van der Waals surface area (Å²) in [6.45, 7) is 8.76. The van der Waals surface area contributed by atoms with Crippen molar-refractivity contribution >= 4 is 29.9 Å². The fraction of sp³-hybridized carbons (Fsp3) is 0.917. The smallest absolute Gasteiger partial charge is 0.191 e. The molecule has 1 saturated carbocycles. The van der Waals surface area contributed by atoms with Crippen molar-refractivity contribution < 1.29 is 4.74 Å². The first-order valence-corrected chi connectivity index (χ1v) is 6.27. The van der Waals surface area contributed by atoms with Gasteiger partial charge in [0.15, 0.2) is 5.96 Å². The molecule has 5 heteroatoms. The summed E-state index contributed by atoms with van der Waals surface area (Å²) in [5, 5.41) is 0. The van der Waals surface area contributed by atoms with Gasteiger partial charge in [0.1, 0.15) is 0 Å². The van der Waals surface area contributed by atoms with Gasteiger partial charge in [-0.1, -0.05) is 13.8 Å². The van der Waals surface area contributed by atoms with Gasteiger partial charge in [0.05, 0.1) is 13.2 Å². The zero-order chi connectivity index (χ0) is 11.6. The normalized spacial score (nSPS) is 23.5. The molecule has 0 aromatic rings. The molecule has 1 aliphatic carbocycles. The van der Waals surface area contributed by atoms with Gasteiger partial charge < -0.3 is 15.4 Å². The van der Waals surface area contributed by atoms with Gasteiger partial charge in [-0.05, 0) is 24.2 Å². The Balaban J connectivity index is 0.00000144. The van der Waals surface area contributed by atoms with Crippen molar-refractivity contribution in [3.63, 3.8) is 0 Å². The van der Waals surface area contributed by atoms with Crippen LogP contribution < -0.4 is 5.73 Å². The minimum absolute atomic E-state index is 0. The molecule has 0 unspecified atom stereocenters. The Morgan fingerprint density at radius 3 is 2.41 bits per heavy atom. The van der Waals surface area contributed by atoms with Crippen molar-refractivity contribution in [3.8, 4) is 0 Å². The van der Waals surface area contributed by atoms with Gasteiger partial charge in [-0.15, -0.1) is 24.0 Å². The van der Waals surface area contributed by atoms with Crippen LogP contribution in [0.2, 0.25) is 0 Å². The second kappa shape index (κ2) is 6.22. The molecule has 0 radical (unpaired) electrons. The lowest BCUT2D eigenvalue weighted by molar-refractivity contribution is 0.0673. The molecule has 0 aromatic heterocycles. The van der Waals surface area contributed by atoms with Crippen molar-refractivity contribution in [2.75, 3.05) is 32.8 Å². The third-order valence-electron chi connectivity index (χ3n) is 4.01. The van der Waals surface area contributed by atoms with E-state index >= 15 is 0 Å². The van der Waals surface area contributed by atoms with Crippen LogP contribution in [0, 0.1) is 11.3 Å². The first-order valence-electron chi connectivity index (χ1n) is 6.27. The highest BCUT2D eigenvalue weighted by Crippen LogP contribution is 2.51. The minimum atomic E-state index is 0. The molecule has 0 spiro atoms. The molecule has 0 aromatic carbocycles. The SMILES string of the molecule is CC(C)C1(CN=C(N)N2CCOCC2)CC1.I. The van der Waals surface area contributed by atoms with E-state index in [4.69, 9.17) is 10.5 Å². The maximum atomic E-state index is 6.00. The molecule has 0 bridgehead atoms. The van der Waals surface area contributed by atoms with Crippen LogP contribution in [0.1, 0.15) is 26.7 Å². The average molecular weight is 353 g/mol. The largest absolute Gasteiger partial charge is 0.378 e. The Kier molecular flexibility index (Phi) is 5.50. The van der Waals surface area contributed by atoms with Crippen LogP contribution in [0.3, 0.4) is 0 Å². The van der Waals surface area contributed by atoms with Crippen molar-refractivity contribution in [3.05, 3.63) is 0 Å². The molecule has 1 aliphatic heterocycles. The van der Waals surface area contributed by atoms with Crippen LogP contribution in [-0.4, -0.2) is 43.7 Å². The van der Waals surface area contributed by atoms with Crippen molar-refractivity contribution in [1.82, 2.24) is 4.90 Å². The van der Waals surface area contributed by atoms with Crippen LogP contribution in [0.15, 0.2) is 4.99 Å². The molecule has 17 heavy (non-hydrogen) atoms. The Bertz CT molecular complexity index is 271. The topological polar surface area (TPSA) is 50.8 Å². The summed E-state index contributed by atoms with van der Waals surface area (Å²) in [5.74, 6) is 1.42. The van der Waals surface area contributed by atoms with E-state index < -0.39 is 0 Å². The molecule has 0 atom stereocenters. The molecule has 2 rings (SSSR count). The summed E-state index contributed by atoms with van der Waals surface area (Å²) in [6.07, 6.45) is 2.62. The van der Waals surface area contributed by atoms with Crippen LogP contribution in [-0.2, 0) is 4.74 Å².